The number of rotatable bonds is 4. The maximum absolute atomic E-state index is 12.9. The highest BCUT2D eigenvalue weighted by Crippen LogP contribution is 2.24. The number of nitrogens with zero attached hydrogens (tertiary/aromatic N) is 2. The van der Waals surface area contributed by atoms with Crippen molar-refractivity contribution in [2.24, 2.45) is 0 Å². The molecule has 25 heavy (non-hydrogen) atoms. The Morgan fingerprint density at radius 2 is 1.80 bits per heavy atom. The highest BCUT2D eigenvalue weighted by atomic mass is 32.2. The minimum absolute atomic E-state index is 0.0257. The topological polar surface area (TPSA) is 105 Å². The van der Waals surface area contributed by atoms with E-state index in [1.165, 1.54) is 22.6 Å². The largest absolute Gasteiger partial charge is 0.384 e. The van der Waals surface area contributed by atoms with E-state index < -0.39 is 15.9 Å². The Balaban J connectivity index is 1.89. The summed E-state index contributed by atoms with van der Waals surface area (Å²) in [5, 5.41) is 2.66. The Morgan fingerprint density at radius 3 is 2.48 bits per heavy atom. The fourth-order valence-corrected chi connectivity index (χ4v) is 4.51. The van der Waals surface area contributed by atoms with Crippen LogP contribution in [0.25, 0.3) is 0 Å². The molecule has 0 radical (unpaired) electrons. The van der Waals surface area contributed by atoms with Crippen molar-refractivity contribution < 1.29 is 13.2 Å². The Labute approximate surface area is 146 Å². The second kappa shape index (κ2) is 7.20. The number of benzene rings is 1. The van der Waals surface area contributed by atoms with Gasteiger partial charge in [-0.2, -0.15) is 4.31 Å². The standard InChI is InChI=1S/C17H20N4O3S/c18-16-9-8-13(12-19-16)20-17(22)14-6-2-3-7-15(14)25(23,24)21-10-4-1-5-11-21/h2-3,6-9,12H,1,4-5,10-11H2,(H2,18,19)(H,20,22). The van der Waals surface area contributed by atoms with Crippen molar-refractivity contribution >= 4 is 27.4 Å². The lowest BCUT2D eigenvalue weighted by Gasteiger charge is -2.26. The molecule has 1 saturated heterocycles. The summed E-state index contributed by atoms with van der Waals surface area (Å²) in [6.45, 7) is 0.973. The summed E-state index contributed by atoms with van der Waals surface area (Å²) in [7, 11) is -3.70. The van der Waals surface area contributed by atoms with Crippen LogP contribution in [-0.2, 0) is 10.0 Å². The first kappa shape index (κ1) is 17.4. The van der Waals surface area contributed by atoms with Crippen molar-refractivity contribution in [2.45, 2.75) is 24.2 Å². The minimum Gasteiger partial charge on any atom is -0.384 e. The van der Waals surface area contributed by atoms with Crippen LogP contribution in [0.15, 0.2) is 47.5 Å². The van der Waals surface area contributed by atoms with Crippen molar-refractivity contribution in [1.29, 1.82) is 0 Å². The summed E-state index contributed by atoms with van der Waals surface area (Å²) in [6.07, 6.45) is 4.13. The number of pyridine rings is 1. The second-order valence-electron chi connectivity index (χ2n) is 5.89. The predicted molar refractivity (Wildman–Crippen MR) is 95.7 cm³/mol. The summed E-state index contributed by atoms with van der Waals surface area (Å²) >= 11 is 0. The van der Waals surface area contributed by atoms with Crippen LogP contribution in [0.5, 0.6) is 0 Å². The zero-order chi connectivity index (χ0) is 17.9. The summed E-state index contributed by atoms with van der Waals surface area (Å²) < 4.78 is 27.3. The molecular formula is C17H20N4O3S. The van der Waals surface area contributed by atoms with Crippen LogP contribution in [0.2, 0.25) is 0 Å². The van der Waals surface area contributed by atoms with Crippen LogP contribution >= 0.6 is 0 Å². The molecule has 1 aromatic heterocycles. The molecule has 7 nitrogen and oxygen atoms in total. The van der Waals surface area contributed by atoms with Gasteiger partial charge in [0.25, 0.3) is 5.91 Å². The summed E-state index contributed by atoms with van der Waals surface area (Å²) in [6, 6.07) is 9.43. The molecule has 0 saturated carbocycles. The Bertz CT molecular complexity index is 860. The molecule has 132 valence electrons. The van der Waals surface area contributed by atoms with Crippen LogP contribution in [-0.4, -0.2) is 36.7 Å². The van der Waals surface area contributed by atoms with Gasteiger partial charge in [-0.25, -0.2) is 13.4 Å². The fourth-order valence-electron chi connectivity index (χ4n) is 2.80. The van der Waals surface area contributed by atoms with Crippen LogP contribution in [0.1, 0.15) is 29.6 Å². The number of hydrogen-bond donors (Lipinski definition) is 2. The number of nitrogens with one attached hydrogen (secondary N) is 1. The van der Waals surface area contributed by atoms with Crippen molar-refractivity contribution in [1.82, 2.24) is 9.29 Å². The van der Waals surface area contributed by atoms with Gasteiger partial charge >= 0.3 is 0 Å². The van der Waals surface area contributed by atoms with Gasteiger partial charge in [-0.15, -0.1) is 0 Å². The third-order valence-corrected chi connectivity index (χ3v) is 6.07. The first-order valence-electron chi connectivity index (χ1n) is 8.10. The van der Waals surface area contributed by atoms with Crippen molar-refractivity contribution in [3.8, 4) is 0 Å². The SMILES string of the molecule is Nc1ccc(NC(=O)c2ccccc2S(=O)(=O)N2CCCCC2)cn1. The molecule has 1 fully saturated rings. The fraction of sp³-hybridized carbons (Fsp3) is 0.294. The van der Waals surface area contributed by atoms with Gasteiger partial charge in [0, 0.05) is 13.1 Å². The van der Waals surface area contributed by atoms with E-state index in [4.69, 9.17) is 5.73 Å². The maximum Gasteiger partial charge on any atom is 0.257 e. The lowest BCUT2D eigenvalue weighted by molar-refractivity contribution is 0.102. The molecule has 1 amide bonds. The summed E-state index contributed by atoms with van der Waals surface area (Å²) in [5.41, 5.74) is 6.09. The molecule has 0 atom stereocenters. The van der Waals surface area contributed by atoms with Crippen molar-refractivity contribution in [3.05, 3.63) is 48.2 Å². The number of nitrogens with two attached hydrogens (primary N) is 1. The van der Waals surface area contributed by atoms with E-state index in [9.17, 15) is 13.2 Å². The lowest BCUT2D eigenvalue weighted by Crippen LogP contribution is -2.36. The van der Waals surface area contributed by atoms with Crippen LogP contribution in [0.3, 0.4) is 0 Å². The van der Waals surface area contributed by atoms with Crippen LogP contribution < -0.4 is 11.1 Å². The Kier molecular flexibility index (Phi) is 5.00. The molecule has 1 aliphatic heterocycles. The average molecular weight is 360 g/mol. The van der Waals surface area contributed by atoms with Gasteiger partial charge < -0.3 is 11.1 Å². The number of amides is 1. The third-order valence-electron chi connectivity index (χ3n) is 4.11. The van der Waals surface area contributed by atoms with E-state index in [2.05, 4.69) is 10.3 Å². The van der Waals surface area contributed by atoms with Gasteiger partial charge in [0.05, 0.1) is 22.3 Å². The number of aromatic nitrogens is 1. The molecule has 2 heterocycles. The first-order chi connectivity index (χ1) is 12.0. The number of carbonyl (C=O) groups is 1. The van der Waals surface area contributed by atoms with Crippen LogP contribution in [0, 0.1) is 0 Å². The van der Waals surface area contributed by atoms with E-state index in [0.29, 0.717) is 24.6 Å². The molecule has 0 aliphatic carbocycles. The van der Waals surface area contributed by atoms with E-state index in [1.807, 2.05) is 0 Å². The maximum atomic E-state index is 12.9. The van der Waals surface area contributed by atoms with E-state index >= 15 is 0 Å². The number of sulfonamides is 1. The Morgan fingerprint density at radius 1 is 1.08 bits per heavy atom. The minimum atomic E-state index is -3.70. The molecule has 3 rings (SSSR count). The van der Waals surface area contributed by atoms with Gasteiger partial charge in [-0.05, 0) is 37.1 Å². The summed E-state index contributed by atoms with van der Waals surface area (Å²) in [5.74, 6) is -0.158. The lowest BCUT2D eigenvalue weighted by atomic mass is 10.2. The van der Waals surface area contributed by atoms with Gasteiger partial charge in [0.1, 0.15) is 5.82 Å². The normalized spacial score (nSPS) is 15.7. The summed E-state index contributed by atoms with van der Waals surface area (Å²) in [4.78, 5) is 16.5. The zero-order valence-corrected chi connectivity index (χ0v) is 14.5. The monoisotopic (exact) mass is 360 g/mol. The predicted octanol–water partition coefficient (Wildman–Crippen LogP) is 2.09. The number of nitrogen functional groups attached to an aromatic ring is 1. The van der Waals surface area contributed by atoms with Gasteiger partial charge in [-0.1, -0.05) is 18.6 Å². The van der Waals surface area contributed by atoms with Crippen molar-refractivity contribution in [3.63, 3.8) is 0 Å². The van der Waals surface area contributed by atoms with E-state index in [0.717, 1.165) is 19.3 Å². The highest BCUT2D eigenvalue weighted by molar-refractivity contribution is 7.89. The second-order valence-corrected chi connectivity index (χ2v) is 7.79. The first-order valence-corrected chi connectivity index (χ1v) is 9.54. The average Bonchev–Trinajstić information content (AvgIpc) is 2.64. The molecule has 3 N–H and O–H groups in total. The Hall–Kier alpha value is -2.45. The molecule has 1 aliphatic rings. The third kappa shape index (κ3) is 3.80. The highest BCUT2D eigenvalue weighted by Gasteiger charge is 2.29. The molecule has 0 bridgehead atoms. The number of piperidine rings is 1. The van der Waals surface area contributed by atoms with Crippen LogP contribution in [0.4, 0.5) is 11.5 Å². The molecule has 0 spiro atoms. The van der Waals surface area contributed by atoms with Gasteiger partial charge in [0.2, 0.25) is 10.0 Å². The molecule has 1 aromatic carbocycles. The van der Waals surface area contributed by atoms with Gasteiger partial charge in [0.15, 0.2) is 0 Å². The zero-order valence-electron chi connectivity index (χ0n) is 13.7. The number of hydrogen-bond acceptors (Lipinski definition) is 5. The molecular weight excluding hydrogens is 340 g/mol. The number of anilines is 2. The number of carbonyl (C=O) groups excluding carboxylic acids is 1. The van der Waals surface area contributed by atoms with Gasteiger partial charge in [-0.3, -0.25) is 4.79 Å². The quantitative estimate of drug-likeness (QED) is 0.868. The van der Waals surface area contributed by atoms with Crippen molar-refractivity contribution in [2.75, 3.05) is 24.1 Å². The molecule has 0 unspecified atom stereocenters. The molecule has 8 heteroatoms. The smallest absolute Gasteiger partial charge is 0.257 e. The molecule has 2 aromatic rings. The van der Waals surface area contributed by atoms with E-state index in [-0.39, 0.29) is 10.5 Å². The van der Waals surface area contributed by atoms with E-state index in [1.54, 1.807) is 24.3 Å².